The highest BCUT2D eigenvalue weighted by atomic mass is 32.2. The lowest BCUT2D eigenvalue weighted by Crippen LogP contribution is -2.39. The van der Waals surface area contributed by atoms with Crippen molar-refractivity contribution in [2.75, 3.05) is 27.2 Å². The average Bonchev–Trinajstić information content (AvgIpc) is 3.13. The van der Waals surface area contributed by atoms with Gasteiger partial charge in [-0.05, 0) is 48.6 Å². The minimum absolute atomic E-state index is 0.366. The zero-order valence-corrected chi connectivity index (χ0v) is 19.2. The molecule has 1 unspecified atom stereocenters. The molecule has 8 heteroatoms. The summed E-state index contributed by atoms with van der Waals surface area (Å²) in [4.78, 5) is 6.79. The first-order valence-corrected chi connectivity index (χ1v) is 11.9. The van der Waals surface area contributed by atoms with Crippen molar-refractivity contribution >= 4 is 16.0 Å². The Labute approximate surface area is 180 Å². The van der Waals surface area contributed by atoms with Crippen LogP contribution in [0.4, 0.5) is 0 Å². The topological polar surface area (TPSA) is 69.9 Å². The normalized spacial score (nSPS) is 18.4. The number of piperidine rings is 1. The molecule has 1 aromatic carbocycles. The molecule has 7 nitrogen and oxygen atoms in total. The van der Waals surface area contributed by atoms with Gasteiger partial charge in [0.1, 0.15) is 0 Å². The Morgan fingerprint density at radius 1 is 1.27 bits per heavy atom. The zero-order valence-electron chi connectivity index (χ0n) is 18.4. The first-order valence-electron chi connectivity index (χ1n) is 10.4. The van der Waals surface area contributed by atoms with Crippen LogP contribution < -0.4 is 5.32 Å². The first kappa shape index (κ1) is 22.4. The van der Waals surface area contributed by atoms with E-state index in [0.29, 0.717) is 30.4 Å². The van der Waals surface area contributed by atoms with Crippen LogP contribution >= 0.6 is 0 Å². The van der Waals surface area contributed by atoms with E-state index < -0.39 is 10.0 Å². The lowest BCUT2D eigenvalue weighted by molar-refractivity contribution is 0.281. The fraction of sp³-hybridized carbons (Fsp3) is 0.500. The van der Waals surface area contributed by atoms with E-state index in [2.05, 4.69) is 32.8 Å². The molecule has 1 saturated heterocycles. The second kappa shape index (κ2) is 9.66. The molecule has 0 bridgehead atoms. The molecule has 2 aromatic rings. The molecule has 1 aliphatic rings. The van der Waals surface area contributed by atoms with Crippen molar-refractivity contribution < 1.29 is 8.42 Å². The molecule has 164 valence electrons. The number of hydrogen-bond donors (Lipinski definition) is 1. The lowest BCUT2D eigenvalue weighted by Gasteiger charge is -2.30. The van der Waals surface area contributed by atoms with Crippen LogP contribution in [0.5, 0.6) is 0 Å². The zero-order chi connectivity index (χ0) is 21.7. The Bertz CT molecular complexity index is 966. The molecule has 30 heavy (non-hydrogen) atoms. The van der Waals surface area contributed by atoms with Gasteiger partial charge in [0.25, 0.3) is 0 Å². The van der Waals surface area contributed by atoms with Gasteiger partial charge in [0, 0.05) is 52.7 Å². The number of aliphatic imine (C=N–C) groups is 1. The van der Waals surface area contributed by atoms with Gasteiger partial charge in [0.15, 0.2) is 5.96 Å². The molecule has 0 aliphatic carbocycles. The third-order valence-corrected chi connectivity index (χ3v) is 7.53. The van der Waals surface area contributed by atoms with Crippen molar-refractivity contribution in [3.05, 3.63) is 53.9 Å². The highest BCUT2D eigenvalue weighted by molar-refractivity contribution is 7.89. The lowest BCUT2D eigenvalue weighted by atomic mass is 10.0. The predicted octanol–water partition coefficient (Wildman–Crippen LogP) is 2.65. The minimum atomic E-state index is -3.42. The number of aromatic nitrogens is 1. The number of rotatable bonds is 6. The van der Waals surface area contributed by atoms with Crippen molar-refractivity contribution in [1.29, 1.82) is 0 Å². The van der Waals surface area contributed by atoms with Crippen LogP contribution in [-0.2, 0) is 30.2 Å². The summed E-state index contributed by atoms with van der Waals surface area (Å²) in [7, 11) is 2.37. The van der Waals surface area contributed by atoms with E-state index >= 15 is 0 Å². The second-order valence-electron chi connectivity index (χ2n) is 8.12. The van der Waals surface area contributed by atoms with E-state index in [4.69, 9.17) is 0 Å². The Kier molecular flexibility index (Phi) is 7.20. The third-order valence-electron chi connectivity index (χ3n) is 5.66. The number of nitrogens with one attached hydrogen (secondary N) is 1. The molecule has 1 aromatic heterocycles. The summed E-state index contributed by atoms with van der Waals surface area (Å²) in [5.74, 6) is 1.20. The van der Waals surface area contributed by atoms with Gasteiger partial charge in [-0.15, -0.1) is 0 Å². The summed E-state index contributed by atoms with van der Waals surface area (Å²) in [6.07, 6.45) is 4.05. The number of sulfonamides is 1. The van der Waals surface area contributed by atoms with Crippen LogP contribution in [0, 0.1) is 5.92 Å². The molecule has 1 N–H and O–H groups in total. The van der Waals surface area contributed by atoms with Crippen LogP contribution in [-0.4, -0.2) is 55.3 Å². The van der Waals surface area contributed by atoms with Gasteiger partial charge in [0.2, 0.25) is 10.0 Å². The smallest absolute Gasteiger partial charge is 0.243 e. The molecule has 0 saturated carbocycles. The Morgan fingerprint density at radius 2 is 2.00 bits per heavy atom. The summed E-state index contributed by atoms with van der Waals surface area (Å²) >= 11 is 0. The number of benzene rings is 1. The molecule has 3 rings (SSSR count). The van der Waals surface area contributed by atoms with Crippen LogP contribution in [0.25, 0.3) is 0 Å². The van der Waals surface area contributed by atoms with Crippen molar-refractivity contribution in [2.24, 2.45) is 18.0 Å². The third kappa shape index (κ3) is 5.23. The van der Waals surface area contributed by atoms with E-state index in [0.717, 1.165) is 30.9 Å². The molecule has 0 spiro atoms. The van der Waals surface area contributed by atoms with E-state index in [1.165, 1.54) is 5.69 Å². The standard InChI is InChI=1S/C22H33N5O2S/c1-18-7-5-14-27(16-18)30(28,29)21-11-9-19(10-12-21)15-24-22(23-2)26(4)17-20-8-6-13-25(20)3/h6,8-13,18H,5,7,14-17H2,1-4H3,(H,23,24). The summed E-state index contributed by atoms with van der Waals surface area (Å²) in [6.45, 7) is 4.65. The number of guanidine groups is 1. The van der Waals surface area contributed by atoms with Crippen molar-refractivity contribution in [3.8, 4) is 0 Å². The number of nitrogens with zero attached hydrogens (tertiary/aromatic N) is 4. The van der Waals surface area contributed by atoms with Gasteiger partial charge < -0.3 is 14.8 Å². The van der Waals surface area contributed by atoms with E-state index in [1.807, 2.05) is 38.5 Å². The monoisotopic (exact) mass is 431 g/mol. The molecule has 0 amide bonds. The summed E-state index contributed by atoms with van der Waals surface area (Å²) in [6, 6.07) is 11.3. The maximum absolute atomic E-state index is 12.9. The molecule has 1 aliphatic heterocycles. The van der Waals surface area contributed by atoms with Gasteiger partial charge in [-0.3, -0.25) is 4.99 Å². The van der Waals surface area contributed by atoms with E-state index in [1.54, 1.807) is 23.5 Å². The van der Waals surface area contributed by atoms with Gasteiger partial charge >= 0.3 is 0 Å². The van der Waals surface area contributed by atoms with Crippen LogP contribution in [0.15, 0.2) is 52.5 Å². The maximum atomic E-state index is 12.9. The van der Waals surface area contributed by atoms with Gasteiger partial charge in [-0.1, -0.05) is 19.1 Å². The van der Waals surface area contributed by atoms with Gasteiger partial charge in [-0.2, -0.15) is 4.31 Å². The molecule has 1 fully saturated rings. The first-order chi connectivity index (χ1) is 14.3. The van der Waals surface area contributed by atoms with E-state index in [9.17, 15) is 8.42 Å². The summed E-state index contributed by atoms with van der Waals surface area (Å²) < 4.78 is 29.5. The number of hydrogen-bond acceptors (Lipinski definition) is 3. The fourth-order valence-corrected chi connectivity index (χ4v) is 5.44. The average molecular weight is 432 g/mol. The SMILES string of the molecule is CN=C(NCc1ccc(S(=O)(=O)N2CCCC(C)C2)cc1)N(C)Cc1cccn1C. The second-order valence-corrected chi connectivity index (χ2v) is 10.1. The van der Waals surface area contributed by atoms with Gasteiger partial charge in [-0.25, -0.2) is 8.42 Å². The van der Waals surface area contributed by atoms with Crippen LogP contribution in [0.3, 0.4) is 0 Å². The quantitative estimate of drug-likeness (QED) is 0.564. The van der Waals surface area contributed by atoms with Crippen molar-refractivity contribution in [3.63, 3.8) is 0 Å². The fourth-order valence-electron chi connectivity index (χ4n) is 3.84. The van der Waals surface area contributed by atoms with Crippen LogP contribution in [0.1, 0.15) is 31.0 Å². The van der Waals surface area contributed by atoms with Crippen molar-refractivity contribution in [2.45, 2.75) is 37.8 Å². The molecule has 0 radical (unpaired) electrons. The number of aryl methyl sites for hydroxylation is 1. The van der Waals surface area contributed by atoms with Gasteiger partial charge in [0.05, 0.1) is 11.4 Å². The maximum Gasteiger partial charge on any atom is 0.243 e. The van der Waals surface area contributed by atoms with Crippen LogP contribution in [0.2, 0.25) is 0 Å². The minimum Gasteiger partial charge on any atom is -0.353 e. The predicted molar refractivity (Wildman–Crippen MR) is 121 cm³/mol. The Hall–Kier alpha value is -2.32. The Balaban J connectivity index is 1.60. The highest BCUT2D eigenvalue weighted by Crippen LogP contribution is 2.23. The molecule has 2 heterocycles. The Morgan fingerprint density at radius 3 is 2.60 bits per heavy atom. The largest absolute Gasteiger partial charge is 0.353 e. The highest BCUT2D eigenvalue weighted by Gasteiger charge is 2.28. The molecular weight excluding hydrogens is 398 g/mol. The summed E-state index contributed by atoms with van der Waals surface area (Å²) in [5, 5.41) is 3.35. The van der Waals surface area contributed by atoms with Crippen molar-refractivity contribution in [1.82, 2.24) is 19.1 Å². The summed E-state index contributed by atoms with van der Waals surface area (Å²) in [5.41, 5.74) is 2.21. The van der Waals surface area contributed by atoms with E-state index in [-0.39, 0.29) is 0 Å². The molecule has 1 atom stereocenters. The molecular formula is C22H33N5O2S.